The number of halogens is 1. The quantitative estimate of drug-likeness (QED) is 0.274. The van der Waals surface area contributed by atoms with Gasteiger partial charge in [-0.2, -0.15) is 0 Å². The van der Waals surface area contributed by atoms with Crippen molar-refractivity contribution in [3.8, 4) is 11.5 Å². The van der Waals surface area contributed by atoms with Crippen molar-refractivity contribution >= 4 is 63.8 Å². The largest absolute Gasteiger partial charge is 0.493 e. The summed E-state index contributed by atoms with van der Waals surface area (Å²) in [4.78, 5) is 55.9. The van der Waals surface area contributed by atoms with E-state index in [4.69, 9.17) is 21.1 Å². The molecule has 6 rings (SSSR count). The second kappa shape index (κ2) is 11.6. The number of carbonyl (C=O) groups is 3. The Morgan fingerprint density at radius 2 is 1.63 bits per heavy atom. The predicted molar refractivity (Wildman–Crippen MR) is 167 cm³/mol. The normalized spacial score (nSPS) is 19.2. The minimum absolute atomic E-state index is 0.245. The second-order valence-corrected chi connectivity index (χ2v) is 12.7. The second-order valence-electron chi connectivity index (χ2n) is 10.2. The van der Waals surface area contributed by atoms with E-state index in [2.05, 4.69) is 5.32 Å². The molecule has 3 amide bonds. The van der Waals surface area contributed by atoms with Crippen molar-refractivity contribution in [1.29, 1.82) is 0 Å². The number of nitrogens with one attached hydrogen (secondary N) is 1. The van der Waals surface area contributed by atoms with Crippen LogP contribution < -0.4 is 24.6 Å². The molecule has 3 aromatic carbocycles. The minimum Gasteiger partial charge on any atom is -0.493 e. The molecule has 3 heterocycles. The molecule has 3 unspecified atom stereocenters. The molecule has 0 aliphatic carbocycles. The number of hydrogen-bond acceptors (Lipinski definition) is 8. The highest BCUT2D eigenvalue weighted by Gasteiger charge is 2.57. The zero-order valence-electron chi connectivity index (χ0n) is 23.3. The van der Waals surface area contributed by atoms with Crippen molar-refractivity contribution in [3.05, 3.63) is 97.4 Å². The van der Waals surface area contributed by atoms with E-state index in [1.54, 1.807) is 48.5 Å². The molecule has 1 saturated heterocycles. The number of nitrogens with zero attached hydrogens (tertiary/aromatic N) is 2. The number of fused-ring (bicyclic) bond motifs is 2. The standard InChI is InChI=1S/C31H26ClN3O6S2/c1-16-4-9-19(10-5-16)33-23(36)15-34-30-27(43-31(34)39)24(17-6-13-21(40-2)22(14-17)41-3)25-26(42-30)29(38)35(28(25)37)20-11-7-18(32)8-12-20/h4-14,24-26H,15H2,1-3H3,(H,33,36). The van der Waals surface area contributed by atoms with Gasteiger partial charge in [0.15, 0.2) is 11.5 Å². The fourth-order valence-corrected chi connectivity index (χ4v) is 8.39. The Morgan fingerprint density at radius 1 is 0.930 bits per heavy atom. The topological polar surface area (TPSA) is 107 Å². The van der Waals surface area contributed by atoms with Crippen LogP contribution in [0.2, 0.25) is 5.02 Å². The van der Waals surface area contributed by atoms with E-state index in [-0.39, 0.29) is 23.2 Å². The third kappa shape index (κ3) is 5.21. The highest BCUT2D eigenvalue weighted by Crippen LogP contribution is 2.54. The lowest BCUT2D eigenvalue weighted by atomic mass is 9.83. The first-order valence-electron chi connectivity index (χ1n) is 13.3. The minimum atomic E-state index is -0.825. The zero-order valence-corrected chi connectivity index (χ0v) is 25.7. The number of ether oxygens (including phenoxy) is 2. The number of aryl methyl sites for hydroxylation is 1. The van der Waals surface area contributed by atoms with Crippen LogP contribution in [-0.4, -0.2) is 41.8 Å². The first-order valence-corrected chi connectivity index (χ1v) is 15.4. The molecule has 220 valence electrons. The monoisotopic (exact) mass is 635 g/mol. The van der Waals surface area contributed by atoms with E-state index in [0.29, 0.717) is 43.4 Å². The number of thioether (sulfide) groups is 1. The average Bonchev–Trinajstić information content (AvgIpc) is 3.44. The number of carbonyl (C=O) groups excluding carboxylic acids is 3. The number of methoxy groups -OCH3 is 2. The first kappa shape index (κ1) is 29.0. The van der Waals surface area contributed by atoms with Gasteiger partial charge >= 0.3 is 4.87 Å². The van der Waals surface area contributed by atoms with Gasteiger partial charge in [-0.3, -0.25) is 23.7 Å². The maximum absolute atomic E-state index is 14.1. The summed E-state index contributed by atoms with van der Waals surface area (Å²) >= 11 is 8.20. The third-order valence-electron chi connectivity index (χ3n) is 7.54. The highest BCUT2D eigenvalue weighted by atomic mass is 35.5. The molecule has 4 aromatic rings. The van der Waals surface area contributed by atoms with Crippen LogP contribution in [0, 0.1) is 12.8 Å². The molecule has 1 fully saturated rings. The van der Waals surface area contributed by atoms with E-state index in [1.165, 1.54) is 23.7 Å². The molecule has 2 aliphatic rings. The lowest BCUT2D eigenvalue weighted by Crippen LogP contribution is -2.33. The van der Waals surface area contributed by atoms with Crippen molar-refractivity contribution in [2.75, 3.05) is 24.4 Å². The summed E-state index contributed by atoms with van der Waals surface area (Å²) < 4.78 is 12.3. The smallest absolute Gasteiger partial charge is 0.308 e. The lowest BCUT2D eigenvalue weighted by molar-refractivity contribution is -0.122. The van der Waals surface area contributed by atoms with Crippen LogP contribution in [-0.2, 0) is 20.9 Å². The van der Waals surface area contributed by atoms with Crippen molar-refractivity contribution in [3.63, 3.8) is 0 Å². The van der Waals surface area contributed by atoms with Crippen LogP contribution in [0.15, 0.2) is 76.6 Å². The van der Waals surface area contributed by atoms with Crippen molar-refractivity contribution < 1.29 is 23.9 Å². The summed E-state index contributed by atoms with van der Waals surface area (Å²) in [5.41, 5.74) is 2.76. The van der Waals surface area contributed by atoms with Crippen molar-refractivity contribution in [2.24, 2.45) is 5.92 Å². The van der Waals surface area contributed by atoms with Gasteiger partial charge in [-0.15, -0.1) is 0 Å². The van der Waals surface area contributed by atoms with Gasteiger partial charge in [0.2, 0.25) is 17.7 Å². The van der Waals surface area contributed by atoms with Gasteiger partial charge in [0, 0.05) is 21.5 Å². The summed E-state index contributed by atoms with van der Waals surface area (Å²) in [6.07, 6.45) is 0. The van der Waals surface area contributed by atoms with Crippen LogP contribution in [0.5, 0.6) is 11.5 Å². The van der Waals surface area contributed by atoms with E-state index in [0.717, 1.165) is 28.7 Å². The molecule has 0 spiro atoms. The van der Waals surface area contributed by atoms with E-state index in [1.807, 2.05) is 25.1 Å². The van der Waals surface area contributed by atoms with E-state index >= 15 is 0 Å². The average molecular weight is 636 g/mol. The molecular weight excluding hydrogens is 610 g/mol. The Hall–Kier alpha value is -4.06. The number of imide groups is 1. The van der Waals surface area contributed by atoms with E-state index in [9.17, 15) is 19.2 Å². The van der Waals surface area contributed by atoms with Gasteiger partial charge in [-0.25, -0.2) is 4.90 Å². The Kier molecular flexibility index (Phi) is 7.80. The van der Waals surface area contributed by atoms with Gasteiger partial charge in [-0.1, -0.05) is 58.5 Å². The van der Waals surface area contributed by atoms with Gasteiger partial charge in [0.1, 0.15) is 11.8 Å². The van der Waals surface area contributed by atoms with Crippen LogP contribution in [0.1, 0.15) is 21.9 Å². The lowest BCUT2D eigenvalue weighted by Gasteiger charge is -2.31. The number of anilines is 2. The molecule has 43 heavy (non-hydrogen) atoms. The van der Waals surface area contributed by atoms with Crippen LogP contribution in [0.4, 0.5) is 11.4 Å². The molecule has 1 N–H and O–H groups in total. The van der Waals surface area contributed by atoms with Crippen molar-refractivity contribution in [2.45, 2.75) is 29.7 Å². The number of benzene rings is 3. The number of amides is 3. The Bertz CT molecular complexity index is 1800. The fourth-order valence-electron chi connectivity index (χ4n) is 5.49. The van der Waals surface area contributed by atoms with Crippen molar-refractivity contribution in [1.82, 2.24) is 4.57 Å². The number of hydrogen-bond donors (Lipinski definition) is 1. The summed E-state index contributed by atoms with van der Waals surface area (Å²) in [5.74, 6) is -1.64. The molecule has 1 aromatic heterocycles. The Balaban J connectivity index is 1.43. The summed E-state index contributed by atoms with van der Waals surface area (Å²) in [6, 6.07) is 19.2. The number of rotatable bonds is 7. The fraction of sp³-hybridized carbons (Fsp3) is 0.226. The molecule has 0 bridgehead atoms. The number of aromatic nitrogens is 1. The van der Waals surface area contributed by atoms with Crippen LogP contribution >= 0.6 is 34.7 Å². The predicted octanol–water partition coefficient (Wildman–Crippen LogP) is 5.32. The molecule has 0 saturated carbocycles. The van der Waals surface area contributed by atoms with Gasteiger partial charge in [-0.05, 0) is 61.0 Å². The molecule has 12 heteroatoms. The Morgan fingerprint density at radius 3 is 2.30 bits per heavy atom. The maximum atomic E-state index is 14.1. The maximum Gasteiger partial charge on any atom is 0.308 e. The third-order valence-corrected chi connectivity index (χ3v) is 10.4. The van der Waals surface area contributed by atoms with Crippen LogP contribution in [0.3, 0.4) is 0 Å². The zero-order chi connectivity index (χ0) is 30.4. The molecule has 3 atom stereocenters. The van der Waals surface area contributed by atoms with Gasteiger partial charge in [0.05, 0.1) is 30.9 Å². The molecule has 0 radical (unpaired) electrons. The SMILES string of the molecule is COc1ccc(C2c3sc(=O)n(CC(=O)Nc4ccc(C)cc4)c3SC3C(=O)N(c4ccc(Cl)cc4)C(=O)C32)cc1OC. The summed E-state index contributed by atoms with van der Waals surface area (Å²) in [7, 11) is 3.04. The van der Waals surface area contributed by atoms with Gasteiger partial charge in [0.25, 0.3) is 0 Å². The summed E-state index contributed by atoms with van der Waals surface area (Å²) in [6.45, 7) is 1.70. The molecule has 2 aliphatic heterocycles. The Labute approximate surface area is 260 Å². The first-order chi connectivity index (χ1) is 20.7. The highest BCUT2D eigenvalue weighted by molar-refractivity contribution is 8.00. The van der Waals surface area contributed by atoms with Gasteiger partial charge < -0.3 is 14.8 Å². The molecular formula is C31H26ClN3O6S2. The van der Waals surface area contributed by atoms with Crippen LogP contribution in [0.25, 0.3) is 0 Å². The summed E-state index contributed by atoms with van der Waals surface area (Å²) in [5, 5.41) is 2.98. The number of thiazole rings is 1. The molecule has 9 nitrogen and oxygen atoms in total. The van der Waals surface area contributed by atoms with E-state index < -0.39 is 23.0 Å².